The van der Waals surface area contributed by atoms with E-state index < -0.39 is 11.9 Å². The quantitative estimate of drug-likeness (QED) is 0.862. The summed E-state index contributed by atoms with van der Waals surface area (Å²) in [5.74, 6) is -1.19. The second-order valence-corrected chi connectivity index (χ2v) is 4.85. The lowest BCUT2D eigenvalue weighted by atomic mass is 9.87. The third-order valence-corrected chi connectivity index (χ3v) is 3.48. The first kappa shape index (κ1) is 12.7. The number of halogens is 1. The normalized spacial score (nSPS) is 16.7. The van der Waals surface area contributed by atoms with Crippen LogP contribution in [-0.4, -0.2) is 26.8 Å². The zero-order chi connectivity index (χ0) is 14.3. The molecular formula is C14H10ClN3O2. The van der Waals surface area contributed by atoms with Crippen molar-refractivity contribution in [3.05, 3.63) is 52.4 Å². The molecule has 100 valence electrons. The Kier molecular flexibility index (Phi) is 2.99. The Bertz CT molecular complexity index is 743. The summed E-state index contributed by atoms with van der Waals surface area (Å²) >= 11 is 5.74. The number of aryl methyl sites for hydroxylation is 1. The Morgan fingerprint density at radius 2 is 2.05 bits per heavy atom. The van der Waals surface area contributed by atoms with Gasteiger partial charge in [-0.25, -0.2) is 14.8 Å². The van der Waals surface area contributed by atoms with E-state index in [0.717, 1.165) is 11.1 Å². The average molecular weight is 288 g/mol. The first-order chi connectivity index (χ1) is 9.58. The van der Waals surface area contributed by atoms with Crippen molar-refractivity contribution in [1.29, 1.82) is 0 Å². The molecule has 6 heteroatoms. The van der Waals surface area contributed by atoms with E-state index in [1.807, 2.05) is 31.2 Å². The molecule has 0 spiro atoms. The van der Waals surface area contributed by atoms with Crippen LogP contribution in [-0.2, 0) is 4.79 Å². The number of fused-ring (bicyclic) bond motifs is 1. The van der Waals surface area contributed by atoms with E-state index >= 15 is 0 Å². The molecule has 1 aliphatic heterocycles. The number of aromatic nitrogens is 2. The molecule has 0 amide bonds. The number of aliphatic imine (C=N–C) groups is 1. The van der Waals surface area contributed by atoms with Crippen LogP contribution >= 0.6 is 11.6 Å². The molecule has 0 bridgehead atoms. The third-order valence-electron chi connectivity index (χ3n) is 3.30. The fourth-order valence-electron chi connectivity index (χ4n) is 2.38. The topological polar surface area (TPSA) is 75.4 Å². The molecule has 2 aromatic rings. The molecule has 1 aromatic heterocycles. The van der Waals surface area contributed by atoms with Crippen LogP contribution in [0.5, 0.6) is 0 Å². The summed E-state index contributed by atoms with van der Waals surface area (Å²) in [7, 11) is 0. The molecule has 20 heavy (non-hydrogen) atoms. The van der Waals surface area contributed by atoms with Crippen LogP contribution in [0, 0.1) is 6.92 Å². The summed E-state index contributed by atoms with van der Waals surface area (Å²) in [6, 6.07) is 7.60. The van der Waals surface area contributed by atoms with Crippen LogP contribution in [0.25, 0.3) is 0 Å². The van der Waals surface area contributed by atoms with Gasteiger partial charge >= 0.3 is 5.97 Å². The molecule has 0 fully saturated rings. The summed E-state index contributed by atoms with van der Waals surface area (Å²) in [5.41, 5.74) is 2.60. The number of hydrogen-bond donors (Lipinski definition) is 1. The minimum Gasteiger partial charge on any atom is -0.477 e. The van der Waals surface area contributed by atoms with E-state index in [2.05, 4.69) is 15.0 Å². The standard InChI is InChI=1S/C14H10ClN3O2/c1-7-4-2-3-5-8(7)10-9-6-16-14(15)18-12(9)17-11(10)13(19)20/h2-6,10H,1H3,(H,19,20). The number of aliphatic carboxylic acids is 1. The van der Waals surface area contributed by atoms with Crippen molar-refractivity contribution in [2.24, 2.45) is 4.99 Å². The highest BCUT2D eigenvalue weighted by Gasteiger charge is 2.35. The Morgan fingerprint density at radius 3 is 2.75 bits per heavy atom. The predicted octanol–water partition coefficient (Wildman–Crippen LogP) is 2.74. The molecule has 1 aromatic carbocycles. The lowest BCUT2D eigenvalue weighted by Gasteiger charge is -2.14. The Hall–Kier alpha value is -2.27. The van der Waals surface area contributed by atoms with Gasteiger partial charge in [0.05, 0.1) is 5.92 Å². The molecule has 0 saturated carbocycles. The van der Waals surface area contributed by atoms with Gasteiger partial charge in [-0.1, -0.05) is 24.3 Å². The average Bonchev–Trinajstić information content (AvgIpc) is 2.78. The van der Waals surface area contributed by atoms with Crippen molar-refractivity contribution < 1.29 is 9.90 Å². The van der Waals surface area contributed by atoms with Crippen molar-refractivity contribution in [2.45, 2.75) is 12.8 Å². The third kappa shape index (κ3) is 1.96. The maximum atomic E-state index is 11.4. The van der Waals surface area contributed by atoms with Crippen molar-refractivity contribution in [3.8, 4) is 0 Å². The molecule has 0 radical (unpaired) electrons. The van der Waals surface area contributed by atoms with Gasteiger partial charge in [0, 0.05) is 11.8 Å². The summed E-state index contributed by atoms with van der Waals surface area (Å²) < 4.78 is 0. The van der Waals surface area contributed by atoms with E-state index in [1.165, 1.54) is 0 Å². The Morgan fingerprint density at radius 1 is 1.30 bits per heavy atom. The largest absolute Gasteiger partial charge is 0.477 e. The SMILES string of the molecule is Cc1ccccc1C1C(C(=O)O)=Nc2nc(Cl)ncc21. The molecule has 0 aliphatic carbocycles. The fourth-order valence-corrected chi connectivity index (χ4v) is 2.51. The van der Waals surface area contributed by atoms with E-state index in [1.54, 1.807) is 6.20 Å². The summed E-state index contributed by atoms with van der Waals surface area (Å²) in [5, 5.41) is 9.42. The zero-order valence-electron chi connectivity index (χ0n) is 10.5. The minimum atomic E-state index is -1.06. The summed E-state index contributed by atoms with van der Waals surface area (Å²) in [6.45, 7) is 1.93. The first-order valence-corrected chi connectivity index (χ1v) is 6.35. The lowest BCUT2D eigenvalue weighted by molar-refractivity contribution is -0.129. The Balaban J connectivity index is 2.22. The Labute approximate surface area is 120 Å². The van der Waals surface area contributed by atoms with E-state index in [9.17, 15) is 9.90 Å². The van der Waals surface area contributed by atoms with Gasteiger partial charge in [0.15, 0.2) is 5.82 Å². The number of carbonyl (C=O) groups is 1. The first-order valence-electron chi connectivity index (χ1n) is 5.97. The van der Waals surface area contributed by atoms with Crippen LogP contribution in [0.1, 0.15) is 22.6 Å². The molecule has 1 unspecified atom stereocenters. The highest BCUT2D eigenvalue weighted by atomic mass is 35.5. The molecule has 5 nitrogen and oxygen atoms in total. The monoisotopic (exact) mass is 287 g/mol. The van der Waals surface area contributed by atoms with Crippen LogP contribution in [0.3, 0.4) is 0 Å². The van der Waals surface area contributed by atoms with Crippen molar-refractivity contribution in [1.82, 2.24) is 9.97 Å². The molecule has 2 heterocycles. The fraction of sp³-hybridized carbons (Fsp3) is 0.143. The van der Waals surface area contributed by atoms with Crippen molar-refractivity contribution in [3.63, 3.8) is 0 Å². The number of carboxylic acid groups (broad SMARTS) is 1. The second kappa shape index (κ2) is 4.68. The van der Waals surface area contributed by atoms with Gasteiger partial charge in [-0.3, -0.25) is 0 Å². The van der Waals surface area contributed by atoms with Crippen LogP contribution < -0.4 is 0 Å². The van der Waals surface area contributed by atoms with E-state index in [4.69, 9.17) is 11.6 Å². The molecule has 1 N–H and O–H groups in total. The van der Waals surface area contributed by atoms with Crippen LogP contribution in [0.15, 0.2) is 35.5 Å². The van der Waals surface area contributed by atoms with E-state index in [0.29, 0.717) is 11.4 Å². The van der Waals surface area contributed by atoms with Crippen LogP contribution in [0.4, 0.5) is 5.82 Å². The van der Waals surface area contributed by atoms with Gasteiger partial charge in [-0.05, 0) is 29.7 Å². The molecule has 0 saturated heterocycles. The number of benzene rings is 1. The maximum absolute atomic E-state index is 11.4. The predicted molar refractivity (Wildman–Crippen MR) is 74.8 cm³/mol. The summed E-state index contributed by atoms with van der Waals surface area (Å²) in [4.78, 5) is 23.5. The second-order valence-electron chi connectivity index (χ2n) is 4.51. The smallest absolute Gasteiger partial charge is 0.351 e. The van der Waals surface area contributed by atoms with E-state index in [-0.39, 0.29) is 11.0 Å². The van der Waals surface area contributed by atoms with Crippen molar-refractivity contribution in [2.75, 3.05) is 0 Å². The van der Waals surface area contributed by atoms with Gasteiger partial charge in [0.1, 0.15) is 5.71 Å². The van der Waals surface area contributed by atoms with Gasteiger partial charge in [0.25, 0.3) is 0 Å². The zero-order valence-corrected chi connectivity index (χ0v) is 11.3. The molecular weight excluding hydrogens is 278 g/mol. The number of hydrogen-bond acceptors (Lipinski definition) is 4. The maximum Gasteiger partial charge on any atom is 0.351 e. The molecule has 1 aliphatic rings. The molecule has 3 rings (SSSR count). The van der Waals surface area contributed by atoms with Gasteiger partial charge in [-0.15, -0.1) is 0 Å². The highest BCUT2D eigenvalue weighted by molar-refractivity contribution is 6.40. The number of rotatable bonds is 2. The van der Waals surface area contributed by atoms with Crippen molar-refractivity contribution >= 4 is 29.1 Å². The number of carboxylic acids is 1. The molecule has 1 atom stereocenters. The highest BCUT2D eigenvalue weighted by Crippen LogP contribution is 2.39. The van der Waals surface area contributed by atoms with Gasteiger partial charge in [0.2, 0.25) is 5.28 Å². The van der Waals surface area contributed by atoms with Gasteiger partial charge in [-0.2, -0.15) is 4.98 Å². The van der Waals surface area contributed by atoms with Gasteiger partial charge < -0.3 is 5.11 Å². The van der Waals surface area contributed by atoms with Crippen LogP contribution in [0.2, 0.25) is 5.28 Å². The lowest BCUT2D eigenvalue weighted by Crippen LogP contribution is -2.20. The minimum absolute atomic E-state index is 0.0471. The summed E-state index contributed by atoms with van der Waals surface area (Å²) in [6.07, 6.45) is 1.54. The number of nitrogens with zero attached hydrogens (tertiary/aromatic N) is 3.